The number of aryl methyl sites for hydroxylation is 1. The molecule has 0 saturated carbocycles. The average molecular weight is 459 g/mol. The molecule has 0 atom stereocenters. The minimum Gasteiger partial charge on any atom is -0.335 e. The number of halogens is 3. The van der Waals surface area contributed by atoms with Gasteiger partial charge in [-0.25, -0.2) is 13.5 Å². The quantitative estimate of drug-likeness (QED) is 0.595. The standard InChI is InChI=1S/C23H21ClF2N4O2/c1-14-21(15(2)30(27-14)18-6-3-16(25)4-7-18)23(32)29-11-9-28(10-12-29)22(31)19-8-5-17(26)13-20(19)24/h3-8,13H,9-12H2,1-2H3. The third-order valence-electron chi connectivity index (χ3n) is 5.59. The summed E-state index contributed by atoms with van der Waals surface area (Å²) in [6.07, 6.45) is 0. The van der Waals surface area contributed by atoms with E-state index in [2.05, 4.69) is 5.10 Å². The van der Waals surface area contributed by atoms with Gasteiger partial charge in [0.05, 0.1) is 33.2 Å². The van der Waals surface area contributed by atoms with Gasteiger partial charge in [0.15, 0.2) is 0 Å². The van der Waals surface area contributed by atoms with E-state index in [9.17, 15) is 18.4 Å². The highest BCUT2D eigenvalue weighted by molar-refractivity contribution is 6.33. The number of hydrogen-bond acceptors (Lipinski definition) is 3. The van der Waals surface area contributed by atoms with Gasteiger partial charge >= 0.3 is 0 Å². The van der Waals surface area contributed by atoms with Gasteiger partial charge in [0, 0.05) is 26.2 Å². The van der Waals surface area contributed by atoms with Gasteiger partial charge in [0.2, 0.25) is 0 Å². The summed E-state index contributed by atoms with van der Waals surface area (Å²) in [5.41, 5.74) is 2.64. The van der Waals surface area contributed by atoms with Crippen LogP contribution in [0.4, 0.5) is 8.78 Å². The highest BCUT2D eigenvalue weighted by atomic mass is 35.5. The molecule has 1 fully saturated rings. The molecule has 32 heavy (non-hydrogen) atoms. The van der Waals surface area contributed by atoms with Crippen LogP contribution >= 0.6 is 11.6 Å². The van der Waals surface area contributed by atoms with E-state index < -0.39 is 5.82 Å². The van der Waals surface area contributed by atoms with Crippen molar-refractivity contribution < 1.29 is 18.4 Å². The van der Waals surface area contributed by atoms with Crippen LogP contribution in [0.2, 0.25) is 5.02 Å². The summed E-state index contributed by atoms with van der Waals surface area (Å²) < 4.78 is 28.1. The molecule has 9 heteroatoms. The minimum absolute atomic E-state index is 0.0629. The number of hydrogen-bond donors (Lipinski definition) is 0. The molecule has 166 valence electrons. The Labute approximate surface area is 189 Å². The predicted molar refractivity (Wildman–Crippen MR) is 116 cm³/mol. The Balaban J connectivity index is 1.48. The number of piperazine rings is 1. The Kier molecular flexibility index (Phi) is 5.97. The first-order valence-corrected chi connectivity index (χ1v) is 10.5. The van der Waals surface area contributed by atoms with E-state index in [4.69, 9.17) is 11.6 Å². The van der Waals surface area contributed by atoms with Gasteiger partial charge in [0.1, 0.15) is 11.6 Å². The zero-order valence-corrected chi connectivity index (χ0v) is 18.4. The van der Waals surface area contributed by atoms with Crippen LogP contribution in [0, 0.1) is 25.5 Å². The Hall–Kier alpha value is -3.26. The van der Waals surface area contributed by atoms with Crippen LogP contribution < -0.4 is 0 Å². The number of aromatic nitrogens is 2. The minimum atomic E-state index is -0.506. The SMILES string of the molecule is Cc1nn(-c2ccc(F)cc2)c(C)c1C(=O)N1CCN(C(=O)c2ccc(F)cc2Cl)CC1. The van der Waals surface area contributed by atoms with Crippen LogP contribution in [0.1, 0.15) is 32.1 Å². The number of amides is 2. The maximum atomic E-state index is 13.3. The van der Waals surface area contributed by atoms with Gasteiger partial charge in [-0.15, -0.1) is 0 Å². The van der Waals surface area contributed by atoms with Crippen LogP contribution in [-0.4, -0.2) is 57.6 Å². The number of carbonyl (C=O) groups is 2. The van der Waals surface area contributed by atoms with Gasteiger partial charge in [-0.2, -0.15) is 5.10 Å². The fourth-order valence-corrected chi connectivity index (χ4v) is 4.14. The van der Waals surface area contributed by atoms with E-state index in [1.165, 1.54) is 24.3 Å². The molecule has 1 aromatic heterocycles. The molecule has 1 aliphatic heterocycles. The van der Waals surface area contributed by atoms with Crippen molar-refractivity contribution in [3.8, 4) is 5.69 Å². The van der Waals surface area contributed by atoms with Crippen LogP contribution in [0.25, 0.3) is 5.69 Å². The van der Waals surface area contributed by atoms with Gasteiger partial charge in [-0.1, -0.05) is 11.6 Å². The van der Waals surface area contributed by atoms with Crippen LogP contribution in [0.5, 0.6) is 0 Å². The second kappa shape index (κ2) is 8.70. The third-order valence-corrected chi connectivity index (χ3v) is 5.90. The zero-order valence-electron chi connectivity index (χ0n) is 17.6. The molecular weight excluding hydrogens is 438 g/mol. The van der Waals surface area contributed by atoms with Crippen molar-refractivity contribution in [2.75, 3.05) is 26.2 Å². The molecule has 0 unspecified atom stereocenters. The molecule has 4 rings (SSSR count). The lowest BCUT2D eigenvalue weighted by molar-refractivity contribution is 0.0534. The van der Waals surface area contributed by atoms with Crippen molar-refractivity contribution in [2.45, 2.75) is 13.8 Å². The number of nitrogens with zero attached hydrogens (tertiary/aromatic N) is 4. The molecule has 2 amide bonds. The van der Waals surface area contributed by atoms with Crippen molar-refractivity contribution in [2.24, 2.45) is 0 Å². The first-order chi connectivity index (χ1) is 15.3. The molecule has 6 nitrogen and oxygen atoms in total. The second-order valence-corrected chi connectivity index (χ2v) is 8.05. The average Bonchev–Trinajstić information content (AvgIpc) is 3.07. The van der Waals surface area contributed by atoms with E-state index in [0.717, 1.165) is 6.07 Å². The number of carbonyl (C=O) groups excluding carboxylic acids is 2. The van der Waals surface area contributed by atoms with Gasteiger partial charge in [-0.3, -0.25) is 9.59 Å². The first kappa shape index (κ1) is 22.0. The fraction of sp³-hybridized carbons (Fsp3) is 0.261. The molecule has 0 radical (unpaired) electrons. The summed E-state index contributed by atoms with van der Waals surface area (Å²) in [6.45, 7) is 4.93. The predicted octanol–water partition coefficient (Wildman–Crippen LogP) is 4.02. The molecule has 2 aromatic carbocycles. The van der Waals surface area contributed by atoms with Crippen LogP contribution in [-0.2, 0) is 0 Å². The van der Waals surface area contributed by atoms with Gasteiger partial charge in [-0.05, 0) is 56.3 Å². The van der Waals surface area contributed by atoms with Crippen molar-refractivity contribution >= 4 is 23.4 Å². The lowest BCUT2D eigenvalue weighted by Crippen LogP contribution is -2.50. The van der Waals surface area contributed by atoms with E-state index in [1.54, 1.807) is 40.5 Å². The summed E-state index contributed by atoms with van der Waals surface area (Å²) in [7, 11) is 0. The molecule has 0 N–H and O–H groups in total. The molecular formula is C23H21ClF2N4O2. The summed E-state index contributed by atoms with van der Waals surface area (Å²) in [5, 5.41) is 4.53. The maximum absolute atomic E-state index is 13.3. The Morgan fingerprint density at radius 2 is 1.44 bits per heavy atom. The van der Waals surface area contributed by atoms with E-state index in [1.807, 2.05) is 0 Å². The normalized spacial score (nSPS) is 14.0. The Bertz CT molecular complexity index is 1190. The third kappa shape index (κ3) is 4.10. The first-order valence-electron chi connectivity index (χ1n) is 10.1. The number of benzene rings is 2. The summed E-state index contributed by atoms with van der Waals surface area (Å²) in [5.74, 6) is -1.31. The zero-order chi connectivity index (χ0) is 23.0. The molecule has 0 bridgehead atoms. The van der Waals surface area contributed by atoms with Crippen LogP contribution in [0.3, 0.4) is 0 Å². The maximum Gasteiger partial charge on any atom is 0.257 e. The lowest BCUT2D eigenvalue weighted by Gasteiger charge is -2.35. The molecule has 0 aliphatic carbocycles. The van der Waals surface area contributed by atoms with Gasteiger partial charge < -0.3 is 9.80 Å². The van der Waals surface area contributed by atoms with Crippen LogP contribution in [0.15, 0.2) is 42.5 Å². The smallest absolute Gasteiger partial charge is 0.257 e. The van der Waals surface area contributed by atoms with Gasteiger partial charge in [0.25, 0.3) is 11.8 Å². The largest absolute Gasteiger partial charge is 0.335 e. The summed E-state index contributed by atoms with van der Waals surface area (Å²) in [6, 6.07) is 9.58. The molecule has 0 spiro atoms. The molecule has 1 aliphatic rings. The lowest BCUT2D eigenvalue weighted by atomic mass is 10.1. The Morgan fingerprint density at radius 3 is 2.03 bits per heavy atom. The topological polar surface area (TPSA) is 58.4 Å². The Morgan fingerprint density at radius 1 is 0.875 bits per heavy atom. The van der Waals surface area contributed by atoms with E-state index in [-0.39, 0.29) is 28.2 Å². The summed E-state index contributed by atoms with van der Waals surface area (Å²) in [4.78, 5) is 29.3. The van der Waals surface area contributed by atoms with Crippen molar-refractivity contribution in [1.29, 1.82) is 0 Å². The monoisotopic (exact) mass is 458 g/mol. The molecule has 3 aromatic rings. The highest BCUT2D eigenvalue weighted by Gasteiger charge is 2.29. The molecule has 1 saturated heterocycles. The summed E-state index contributed by atoms with van der Waals surface area (Å²) >= 11 is 6.02. The number of rotatable bonds is 3. The van der Waals surface area contributed by atoms with Crippen molar-refractivity contribution in [1.82, 2.24) is 19.6 Å². The molecule has 2 heterocycles. The highest BCUT2D eigenvalue weighted by Crippen LogP contribution is 2.23. The van der Waals surface area contributed by atoms with E-state index >= 15 is 0 Å². The fourth-order valence-electron chi connectivity index (χ4n) is 3.89. The van der Waals surface area contributed by atoms with Crippen molar-refractivity contribution in [3.05, 3.63) is 81.6 Å². The second-order valence-electron chi connectivity index (χ2n) is 7.64. The van der Waals surface area contributed by atoms with E-state index in [0.29, 0.717) is 48.8 Å². The van der Waals surface area contributed by atoms with Crippen molar-refractivity contribution in [3.63, 3.8) is 0 Å².